The van der Waals surface area contributed by atoms with Gasteiger partial charge in [0, 0.05) is 62.2 Å². The molecule has 3 aliphatic heterocycles. The number of benzene rings is 4. The van der Waals surface area contributed by atoms with Crippen LogP contribution in [-0.2, 0) is 22.7 Å². The second kappa shape index (κ2) is 16.0. The maximum atomic E-state index is 12.8. The zero-order valence-electron chi connectivity index (χ0n) is 29.3. The van der Waals surface area contributed by atoms with E-state index in [0.29, 0.717) is 32.2 Å². The van der Waals surface area contributed by atoms with Crippen LogP contribution in [0.2, 0.25) is 0 Å². The second-order valence-electron chi connectivity index (χ2n) is 13.0. The number of carbonyl (C=O) groups excluding carboxylic acids is 1. The van der Waals surface area contributed by atoms with Gasteiger partial charge >= 0.3 is 6.09 Å². The number of carbonyl (C=O) groups is 1. The number of methoxy groups -OCH3 is 1. The first-order valence-corrected chi connectivity index (χ1v) is 19.3. The quantitative estimate of drug-likeness (QED) is 0.145. The maximum Gasteiger partial charge on any atom is 0.410 e. The lowest BCUT2D eigenvalue weighted by Crippen LogP contribution is -2.36. The van der Waals surface area contributed by atoms with Crippen molar-refractivity contribution in [2.75, 3.05) is 56.7 Å². The van der Waals surface area contributed by atoms with Gasteiger partial charge in [-0.1, -0.05) is 78.1 Å². The lowest BCUT2D eigenvalue weighted by atomic mass is 10.1. The van der Waals surface area contributed by atoms with E-state index in [1.807, 2.05) is 66.7 Å². The standard InChI is InChI=1S/C41H40N4O6S2/c1-48-31-13-10-28(11-14-31)25-50-39-22-30(44-16-18-49-19-17-44)21-33(43-39)32-8-5-9-37-40(32)53-36-15-12-29(20-38(36)52-37)42-34-23-45(24-35(34)46)41(47)51-26-27-6-3-2-4-7-27/h2-15,20-22,34-35,42,46H,16-19,23-26H2,1H3/t34?,35-/m1/s1. The average Bonchev–Trinajstić information content (AvgIpc) is 3.58. The summed E-state index contributed by atoms with van der Waals surface area (Å²) in [4.78, 5) is 26.2. The molecule has 1 aromatic heterocycles. The van der Waals surface area contributed by atoms with Crippen molar-refractivity contribution in [3.63, 3.8) is 0 Å². The molecule has 0 saturated carbocycles. The monoisotopic (exact) mass is 748 g/mol. The van der Waals surface area contributed by atoms with Crippen LogP contribution in [0.4, 0.5) is 16.2 Å². The summed E-state index contributed by atoms with van der Waals surface area (Å²) in [5.74, 6) is 1.37. The first-order valence-electron chi connectivity index (χ1n) is 17.6. The van der Waals surface area contributed by atoms with Crippen LogP contribution in [0.1, 0.15) is 11.1 Å². The summed E-state index contributed by atoms with van der Waals surface area (Å²) in [6.07, 6.45) is -1.14. The third-order valence-corrected chi connectivity index (χ3v) is 12.0. The smallest absolute Gasteiger partial charge is 0.410 e. The first kappa shape index (κ1) is 35.2. The Morgan fingerprint density at radius 1 is 0.868 bits per heavy atom. The van der Waals surface area contributed by atoms with Crippen molar-refractivity contribution in [3.8, 4) is 22.9 Å². The van der Waals surface area contributed by atoms with E-state index < -0.39 is 12.2 Å². The number of hydrogen-bond acceptors (Lipinski definition) is 11. The Bertz CT molecular complexity index is 2060. The number of amides is 1. The van der Waals surface area contributed by atoms with Crippen LogP contribution >= 0.6 is 23.5 Å². The van der Waals surface area contributed by atoms with E-state index in [2.05, 4.69) is 46.6 Å². The Kier molecular flexibility index (Phi) is 10.6. The van der Waals surface area contributed by atoms with Crippen LogP contribution in [0.3, 0.4) is 0 Å². The number of aliphatic hydroxyl groups excluding tert-OH is 1. The van der Waals surface area contributed by atoms with Crippen LogP contribution in [-0.4, -0.2) is 79.7 Å². The molecule has 53 heavy (non-hydrogen) atoms. The predicted molar refractivity (Wildman–Crippen MR) is 206 cm³/mol. The first-order chi connectivity index (χ1) is 26.0. The molecule has 2 fully saturated rings. The van der Waals surface area contributed by atoms with Crippen molar-refractivity contribution in [2.45, 2.75) is 44.9 Å². The van der Waals surface area contributed by atoms with Crippen molar-refractivity contribution < 1.29 is 28.8 Å². The van der Waals surface area contributed by atoms with E-state index in [4.69, 9.17) is 23.9 Å². The van der Waals surface area contributed by atoms with E-state index in [9.17, 15) is 9.90 Å². The largest absolute Gasteiger partial charge is 0.497 e. The Morgan fingerprint density at radius 3 is 2.49 bits per heavy atom. The second-order valence-corrected chi connectivity index (χ2v) is 15.2. The normalized spacial score (nSPS) is 17.8. The number of aliphatic hydroxyl groups is 1. The number of β-amino-alcohol motifs (C(OH)–C–C–N with tert-alkyl or cyclic N) is 1. The molecule has 2 atom stereocenters. The summed E-state index contributed by atoms with van der Waals surface area (Å²) in [5, 5.41) is 14.3. The summed E-state index contributed by atoms with van der Waals surface area (Å²) in [5.41, 5.74) is 5.80. The lowest BCUT2D eigenvalue weighted by Gasteiger charge is -2.29. The van der Waals surface area contributed by atoms with Gasteiger partial charge in [-0.2, -0.15) is 0 Å². The molecule has 5 aromatic rings. The number of morpholine rings is 1. The van der Waals surface area contributed by atoms with Crippen molar-refractivity contribution in [3.05, 3.63) is 114 Å². The molecule has 0 radical (unpaired) electrons. The van der Waals surface area contributed by atoms with Crippen LogP contribution in [0.5, 0.6) is 11.6 Å². The Morgan fingerprint density at radius 2 is 1.68 bits per heavy atom. The fourth-order valence-electron chi connectivity index (χ4n) is 6.58. The molecule has 3 aliphatic rings. The Labute approximate surface area is 317 Å². The molecule has 8 rings (SSSR count). The number of nitrogens with zero attached hydrogens (tertiary/aromatic N) is 3. The number of aromatic nitrogens is 1. The van der Waals surface area contributed by atoms with Gasteiger partial charge in [0.05, 0.1) is 44.7 Å². The van der Waals surface area contributed by atoms with Crippen molar-refractivity contribution >= 4 is 41.0 Å². The minimum absolute atomic E-state index is 0.197. The van der Waals surface area contributed by atoms with Gasteiger partial charge in [-0.25, -0.2) is 9.78 Å². The highest BCUT2D eigenvalue weighted by molar-refractivity contribution is 8.05. The zero-order valence-corrected chi connectivity index (χ0v) is 30.9. The molecule has 2 saturated heterocycles. The third-order valence-electron chi connectivity index (χ3n) is 9.44. The minimum Gasteiger partial charge on any atom is -0.497 e. The molecule has 10 nitrogen and oxygen atoms in total. The number of nitrogens with one attached hydrogen (secondary N) is 1. The van der Waals surface area contributed by atoms with E-state index in [1.54, 1.807) is 35.5 Å². The maximum absolute atomic E-state index is 12.8. The number of anilines is 2. The lowest BCUT2D eigenvalue weighted by molar-refractivity contribution is 0.0971. The highest BCUT2D eigenvalue weighted by Crippen LogP contribution is 2.52. The van der Waals surface area contributed by atoms with E-state index in [1.165, 1.54) is 0 Å². The van der Waals surface area contributed by atoms with Crippen molar-refractivity contribution in [1.29, 1.82) is 0 Å². The molecular weight excluding hydrogens is 709 g/mol. The topological polar surface area (TPSA) is 106 Å². The molecule has 12 heteroatoms. The van der Waals surface area contributed by atoms with Crippen LogP contribution in [0.25, 0.3) is 11.3 Å². The highest BCUT2D eigenvalue weighted by Gasteiger charge is 2.35. The molecular formula is C41H40N4O6S2. The molecule has 0 aliphatic carbocycles. The van der Waals surface area contributed by atoms with E-state index >= 15 is 0 Å². The predicted octanol–water partition coefficient (Wildman–Crippen LogP) is 7.58. The van der Waals surface area contributed by atoms with Gasteiger partial charge in [0.15, 0.2) is 0 Å². The highest BCUT2D eigenvalue weighted by atomic mass is 32.2. The molecule has 0 spiro atoms. The number of likely N-dealkylation sites (tertiary alicyclic amines) is 1. The summed E-state index contributed by atoms with van der Waals surface area (Å²) >= 11 is 3.45. The SMILES string of the molecule is COc1ccc(COc2cc(N3CCOCC3)cc(-c3cccc4c3Sc3ccc(NC5CN(C(=O)OCc6ccccc6)C[C@H]5O)cc3S4)n2)cc1. The third kappa shape index (κ3) is 8.21. The van der Waals surface area contributed by atoms with Crippen LogP contribution in [0, 0.1) is 0 Å². The molecule has 1 unspecified atom stereocenters. The Hall–Kier alpha value is -4.88. The number of pyridine rings is 1. The molecule has 0 bridgehead atoms. The van der Waals surface area contributed by atoms with Gasteiger partial charge in [0.2, 0.25) is 5.88 Å². The van der Waals surface area contributed by atoms with Crippen LogP contribution < -0.4 is 19.7 Å². The van der Waals surface area contributed by atoms with Crippen molar-refractivity contribution in [2.24, 2.45) is 0 Å². The van der Waals surface area contributed by atoms with Crippen molar-refractivity contribution in [1.82, 2.24) is 9.88 Å². The van der Waals surface area contributed by atoms with Gasteiger partial charge in [-0.05, 0) is 53.6 Å². The summed E-state index contributed by atoms with van der Waals surface area (Å²) in [7, 11) is 1.66. The Balaban J connectivity index is 0.979. The fourth-order valence-corrected chi connectivity index (χ4v) is 8.99. The van der Waals surface area contributed by atoms with Gasteiger partial charge in [0.25, 0.3) is 0 Å². The number of fused-ring (bicyclic) bond motifs is 2. The number of ether oxygens (including phenoxy) is 4. The summed E-state index contributed by atoms with van der Waals surface area (Å²) in [6, 6.07) is 33.9. The molecule has 4 aromatic carbocycles. The molecule has 4 heterocycles. The number of rotatable bonds is 10. The van der Waals surface area contributed by atoms with Gasteiger partial charge < -0.3 is 39.2 Å². The fraction of sp³-hybridized carbons (Fsp3) is 0.268. The molecule has 272 valence electrons. The molecule has 2 N–H and O–H groups in total. The van der Waals surface area contributed by atoms with Gasteiger partial charge in [-0.15, -0.1) is 0 Å². The summed E-state index contributed by atoms with van der Waals surface area (Å²) in [6.45, 7) is 4.11. The van der Waals surface area contributed by atoms with E-state index in [-0.39, 0.29) is 19.2 Å². The minimum atomic E-state index is -0.716. The summed E-state index contributed by atoms with van der Waals surface area (Å²) < 4.78 is 22.8. The zero-order chi connectivity index (χ0) is 36.1. The van der Waals surface area contributed by atoms with Crippen LogP contribution in [0.15, 0.2) is 123 Å². The van der Waals surface area contributed by atoms with Gasteiger partial charge in [0.1, 0.15) is 19.0 Å². The average molecular weight is 749 g/mol. The number of hydrogen-bond donors (Lipinski definition) is 2. The van der Waals surface area contributed by atoms with E-state index in [0.717, 1.165) is 72.2 Å². The van der Waals surface area contributed by atoms with Gasteiger partial charge in [-0.3, -0.25) is 0 Å². The molecule has 1 amide bonds.